The predicted octanol–water partition coefficient (Wildman–Crippen LogP) is 0.908. The van der Waals surface area contributed by atoms with E-state index in [0.29, 0.717) is 25.4 Å². The third-order valence-corrected chi connectivity index (χ3v) is 3.30. The largest absolute Gasteiger partial charge is 0.397 e. The minimum absolute atomic E-state index is 0.0357. The van der Waals surface area contributed by atoms with Crippen LogP contribution < -0.4 is 11.1 Å². The van der Waals surface area contributed by atoms with E-state index in [4.69, 9.17) is 15.2 Å². The monoisotopic (exact) mass is 293 g/mol. The average Bonchev–Trinajstić information content (AvgIpc) is 2.98. The van der Waals surface area contributed by atoms with Crippen LogP contribution >= 0.6 is 0 Å². The zero-order valence-corrected chi connectivity index (χ0v) is 12.2. The normalized spacial score (nSPS) is 17.8. The third kappa shape index (κ3) is 6.10. The highest BCUT2D eigenvalue weighted by molar-refractivity contribution is 5.78. The molecular weight excluding hydrogens is 270 g/mol. The Bertz CT molecular complexity index is 430. The van der Waals surface area contributed by atoms with Gasteiger partial charge in [0.05, 0.1) is 31.0 Å². The molecule has 2 heterocycles. The minimum Gasteiger partial charge on any atom is -0.397 e. The molecule has 1 unspecified atom stereocenters. The summed E-state index contributed by atoms with van der Waals surface area (Å²) in [5.41, 5.74) is 6.86. The van der Waals surface area contributed by atoms with Crippen LogP contribution in [0.15, 0.2) is 18.3 Å². The first kappa shape index (κ1) is 15.7. The number of carbonyl (C=O) groups is 1. The first-order chi connectivity index (χ1) is 10.2. The van der Waals surface area contributed by atoms with Crippen LogP contribution in [0.1, 0.15) is 25.0 Å². The molecule has 1 atom stereocenters. The second-order valence-electron chi connectivity index (χ2n) is 5.17. The maximum absolute atomic E-state index is 11.7. The lowest BCUT2D eigenvalue weighted by Gasteiger charge is -2.10. The average molecular weight is 293 g/mol. The van der Waals surface area contributed by atoms with Gasteiger partial charge in [-0.1, -0.05) is 0 Å². The molecule has 116 valence electrons. The number of ether oxygens (including phenoxy) is 2. The number of nitrogens with two attached hydrogens (primary N) is 1. The molecule has 0 saturated carbocycles. The van der Waals surface area contributed by atoms with Gasteiger partial charge < -0.3 is 20.5 Å². The van der Waals surface area contributed by atoms with E-state index in [1.165, 1.54) is 0 Å². The van der Waals surface area contributed by atoms with E-state index < -0.39 is 0 Å². The van der Waals surface area contributed by atoms with Crippen LogP contribution in [0.5, 0.6) is 0 Å². The van der Waals surface area contributed by atoms with Gasteiger partial charge in [0.25, 0.3) is 0 Å². The number of hydrogen-bond acceptors (Lipinski definition) is 5. The van der Waals surface area contributed by atoms with Gasteiger partial charge in [-0.05, 0) is 31.4 Å². The number of carbonyl (C=O) groups excluding carboxylic acids is 1. The molecule has 6 nitrogen and oxygen atoms in total. The number of nitrogens with one attached hydrogen (secondary N) is 1. The van der Waals surface area contributed by atoms with E-state index in [1.807, 2.05) is 0 Å². The first-order valence-electron chi connectivity index (χ1n) is 7.40. The zero-order valence-electron chi connectivity index (χ0n) is 12.2. The van der Waals surface area contributed by atoms with Crippen molar-refractivity contribution in [1.29, 1.82) is 0 Å². The van der Waals surface area contributed by atoms with Crippen molar-refractivity contribution in [2.45, 2.75) is 31.8 Å². The maximum atomic E-state index is 11.7. The Morgan fingerprint density at radius 2 is 2.43 bits per heavy atom. The zero-order chi connectivity index (χ0) is 14.9. The molecule has 1 saturated heterocycles. The van der Waals surface area contributed by atoms with E-state index in [0.717, 1.165) is 31.6 Å². The van der Waals surface area contributed by atoms with Crippen LogP contribution in [0.4, 0.5) is 5.69 Å². The molecule has 1 aliphatic rings. The number of amides is 1. The number of hydrogen-bond donors (Lipinski definition) is 2. The summed E-state index contributed by atoms with van der Waals surface area (Å²) >= 11 is 0. The summed E-state index contributed by atoms with van der Waals surface area (Å²) in [6, 6.07) is 3.51. The molecule has 2 rings (SSSR count). The Morgan fingerprint density at radius 1 is 1.52 bits per heavy atom. The van der Waals surface area contributed by atoms with Gasteiger partial charge in [-0.25, -0.2) is 0 Å². The molecule has 0 bridgehead atoms. The summed E-state index contributed by atoms with van der Waals surface area (Å²) in [6.45, 7) is 2.76. The van der Waals surface area contributed by atoms with Crippen molar-refractivity contribution in [2.75, 3.05) is 32.1 Å². The van der Waals surface area contributed by atoms with Crippen molar-refractivity contribution in [3.05, 3.63) is 24.0 Å². The molecule has 0 radical (unpaired) electrons. The predicted molar refractivity (Wildman–Crippen MR) is 79.8 cm³/mol. The quantitative estimate of drug-likeness (QED) is 0.696. The Morgan fingerprint density at radius 3 is 3.14 bits per heavy atom. The van der Waals surface area contributed by atoms with Crippen LogP contribution in [0, 0.1) is 0 Å². The fraction of sp³-hybridized carbons (Fsp3) is 0.600. The van der Waals surface area contributed by atoms with Gasteiger partial charge >= 0.3 is 0 Å². The molecule has 6 heteroatoms. The molecule has 1 aliphatic heterocycles. The highest BCUT2D eigenvalue weighted by Crippen LogP contribution is 2.11. The van der Waals surface area contributed by atoms with Crippen LogP contribution in [0.2, 0.25) is 0 Å². The summed E-state index contributed by atoms with van der Waals surface area (Å²) in [6.07, 6.45) is 5.11. The van der Waals surface area contributed by atoms with Crippen molar-refractivity contribution in [3.8, 4) is 0 Å². The fourth-order valence-electron chi connectivity index (χ4n) is 2.16. The fourth-order valence-corrected chi connectivity index (χ4v) is 2.16. The molecule has 1 amide bonds. The number of pyridine rings is 1. The lowest BCUT2D eigenvalue weighted by molar-refractivity contribution is -0.120. The molecular formula is C15H23N3O3. The van der Waals surface area contributed by atoms with Crippen LogP contribution in [0.3, 0.4) is 0 Å². The van der Waals surface area contributed by atoms with Crippen molar-refractivity contribution in [3.63, 3.8) is 0 Å². The van der Waals surface area contributed by atoms with Crippen LogP contribution in [-0.4, -0.2) is 43.4 Å². The summed E-state index contributed by atoms with van der Waals surface area (Å²) < 4.78 is 11.0. The van der Waals surface area contributed by atoms with E-state index in [1.54, 1.807) is 18.3 Å². The number of aromatic nitrogens is 1. The number of nitrogens with zero attached hydrogens (tertiary/aromatic N) is 1. The van der Waals surface area contributed by atoms with Crippen molar-refractivity contribution in [2.24, 2.45) is 0 Å². The maximum Gasteiger partial charge on any atom is 0.226 e. The molecule has 1 fully saturated rings. The minimum atomic E-state index is -0.0357. The second kappa shape index (κ2) is 8.59. The molecule has 0 spiro atoms. The first-order valence-corrected chi connectivity index (χ1v) is 7.40. The topological polar surface area (TPSA) is 86.5 Å². The van der Waals surface area contributed by atoms with Gasteiger partial charge in [0.1, 0.15) is 0 Å². The molecule has 3 N–H and O–H groups in total. The molecule has 0 aliphatic carbocycles. The number of nitrogen functional groups attached to an aromatic ring is 1. The summed E-state index contributed by atoms with van der Waals surface area (Å²) in [4.78, 5) is 15.8. The van der Waals surface area contributed by atoms with Gasteiger partial charge in [-0.3, -0.25) is 9.78 Å². The highest BCUT2D eigenvalue weighted by atomic mass is 16.5. The van der Waals surface area contributed by atoms with E-state index >= 15 is 0 Å². The van der Waals surface area contributed by atoms with E-state index in [2.05, 4.69) is 10.3 Å². The SMILES string of the molecule is Nc1ccc(CC(=O)NCCCOCC2CCCO2)nc1. The third-order valence-electron chi connectivity index (χ3n) is 3.30. The summed E-state index contributed by atoms with van der Waals surface area (Å²) in [5, 5.41) is 2.85. The number of anilines is 1. The van der Waals surface area contributed by atoms with Gasteiger partial charge in [0.2, 0.25) is 5.91 Å². The van der Waals surface area contributed by atoms with Crippen molar-refractivity contribution in [1.82, 2.24) is 10.3 Å². The van der Waals surface area contributed by atoms with E-state index in [9.17, 15) is 4.79 Å². The molecule has 21 heavy (non-hydrogen) atoms. The van der Waals surface area contributed by atoms with Gasteiger partial charge in [0.15, 0.2) is 0 Å². The standard InChI is InChI=1S/C15H23N3O3/c16-12-4-5-13(18-10-12)9-15(19)17-6-2-7-20-11-14-3-1-8-21-14/h4-5,10,14H,1-3,6-9,11,16H2,(H,17,19). The Kier molecular flexibility index (Phi) is 6.43. The Labute approximate surface area is 125 Å². The molecule has 0 aromatic carbocycles. The van der Waals surface area contributed by atoms with E-state index in [-0.39, 0.29) is 18.4 Å². The smallest absolute Gasteiger partial charge is 0.226 e. The van der Waals surface area contributed by atoms with Crippen LogP contribution in [0.25, 0.3) is 0 Å². The van der Waals surface area contributed by atoms with Crippen molar-refractivity contribution < 1.29 is 14.3 Å². The van der Waals surface area contributed by atoms with Gasteiger partial charge in [-0.15, -0.1) is 0 Å². The molecule has 1 aromatic rings. The lowest BCUT2D eigenvalue weighted by atomic mass is 10.2. The summed E-state index contributed by atoms with van der Waals surface area (Å²) in [5.74, 6) is -0.0357. The Hall–Kier alpha value is -1.66. The van der Waals surface area contributed by atoms with Gasteiger partial charge in [0, 0.05) is 25.5 Å². The molecule has 1 aromatic heterocycles. The lowest BCUT2D eigenvalue weighted by Crippen LogP contribution is -2.27. The van der Waals surface area contributed by atoms with Crippen LogP contribution in [-0.2, 0) is 20.7 Å². The van der Waals surface area contributed by atoms with Crippen molar-refractivity contribution >= 4 is 11.6 Å². The number of rotatable bonds is 8. The summed E-state index contributed by atoms with van der Waals surface area (Å²) in [7, 11) is 0. The second-order valence-corrected chi connectivity index (χ2v) is 5.17. The highest BCUT2D eigenvalue weighted by Gasteiger charge is 2.14. The van der Waals surface area contributed by atoms with Gasteiger partial charge in [-0.2, -0.15) is 0 Å². The Balaban J connectivity index is 1.49.